The van der Waals surface area contributed by atoms with Crippen LogP contribution in [0.3, 0.4) is 0 Å². The summed E-state index contributed by atoms with van der Waals surface area (Å²) >= 11 is 5.87. The van der Waals surface area contributed by atoms with Crippen LogP contribution < -0.4 is 5.32 Å². The molecule has 0 unspecified atom stereocenters. The zero-order chi connectivity index (χ0) is 16.2. The fourth-order valence-electron chi connectivity index (χ4n) is 3.47. The van der Waals surface area contributed by atoms with E-state index < -0.39 is 11.7 Å². The van der Waals surface area contributed by atoms with Crippen LogP contribution >= 0.6 is 11.6 Å². The molecule has 0 aromatic heterocycles. The molecule has 2 fully saturated rings. The lowest BCUT2D eigenvalue weighted by Gasteiger charge is -2.39. The first-order valence-electron chi connectivity index (χ1n) is 8.06. The van der Waals surface area contributed by atoms with Gasteiger partial charge in [-0.2, -0.15) is 0 Å². The van der Waals surface area contributed by atoms with Crippen molar-refractivity contribution in [3.05, 3.63) is 34.6 Å². The van der Waals surface area contributed by atoms with Crippen LogP contribution in [0.5, 0.6) is 0 Å². The Morgan fingerprint density at radius 2 is 1.91 bits per heavy atom. The molecular formula is C17H21ClFNO3. The normalized spacial score (nSPS) is 26.0. The fourth-order valence-corrected chi connectivity index (χ4v) is 3.64. The maximum atomic E-state index is 13.9. The van der Waals surface area contributed by atoms with Crippen molar-refractivity contribution < 1.29 is 18.7 Å². The molecule has 1 N–H and O–H groups in total. The van der Waals surface area contributed by atoms with Gasteiger partial charge >= 0.3 is 0 Å². The summed E-state index contributed by atoms with van der Waals surface area (Å²) in [6.45, 7) is 2.76. The quantitative estimate of drug-likeness (QED) is 0.919. The number of carbonyl (C=O) groups excluding carboxylic acids is 1. The summed E-state index contributed by atoms with van der Waals surface area (Å²) in [6, 6.07) is 4.02. The van der Waals surface area contributed by atoms with Crippen molar-refractivity contribution in [3.63, 3.8) is 0 Å². The smallest absolute Gasteiger partial charge is 0.254 e. The molecule has 0 aliphatic carbocycles. The maximum absolute atomic E-state index is 13.9. The van der Waals surface area contributed by atoms with E-state index in [0.29, 0.717) is 24.2 Å². The number of hydrogen-bond donors (Lipinski definition) is 1. The second-order valence-corrected chi connectivity index (χ2v) is 6.62. The van der Waals surface area contributed by atoms with Crippen LogP contribution in [-0.2, 0) is 9.47 Å². The number of ether oxygens (including phenoxy) is 2. The highest BCUT2D eigenvalue weighted by Crippen LogP contribution is 2.30. The first-order chi connectivity index (χ1) is 11.1. The molecule has 0 radical (unpaired) electrons. The van der Waals surface area contributed by atoms with E-state index in [4.69, 9.17) is 21.1 Å². The Kier molecular flexibility index (Phi) is 5.51. The summed E-state index contributed by atoms with van der Waals surface area (Å²) < 4.78 is 24.9. The van der Waals surface area contributed by atoms with Gasteiger partial charge in [-0.25, -0.2) is 4.39 Å². The zero-order valence-corrected chi connectivity index (χ0v) is 13.7. The van der Waals surface area contributed by atoms with E-state index in [2.05, 4.69) is 5.32 Å². The molecule has 2 atom stereocenters. The SMILES string of the molecule is O=C(N[C@H]1CCOC[C@H]1C1CCOCC1)c1cc(Cl)ccc1F. The molecule has 2 saturated heterocycles. The minimum Gasteiger partial charge on any atom is -0.381 e. The summed E-state index contributed by atoms with van der Waals surface area (Å²) in [6.07, 6.45) is 2.70. The Labute approximate surface area is 140 Å². The standard InChI is InChI=1S/C17H21ClFNO3/c18-12-1-2-15(19)13(9-12)17(21)20-16-5-8-23-10-14(16)11-3-6-22-7-4-11/h1-2,9,11,14,16H,3-8,10H2,(H,20,21)/t14-,16-/m0/s1. The molecule has 0 bridgehead atoms. The zero-order valence-electron chi connectivity index (χ0n) is 12.9. The van der Waals surface area contributed by atoms with E-state index in [1.54, 1.807) is 0 Å². The van der Waals surface area contributed by atoms with Crippen molar-refractivity contribution in [3.8, 4) is 0 Å². The van der Waals surface area contributed by atoms with E-state index >= 15 is 0 Å². The van der Waals surface area contributed by atoms with Gasteiger partial charge in [-0.05, 0) is 43.4 Å². The largest absolute Gasteiger partial charge is 0.381 e. The lowest BCUT2D eigenvalue weighted by Crippen LogP contribution is -2.49. The van der Waals surface area contributed by atoms with Crippen molar-refractivity contribution in [2.45, 2.75) is 25.3 Å². The Bertz CT molecular complexity index is 563. The predicted octanol–water partition coefficient (Wildman–Crippen LogP) is 3.04. The Balaban J connectivity index is 1.71. The van der Waals surface area contributed by atoms with E-state index in [9.17, 15) is 9.18 Å². The van der Waals surface area contributed by atoms with E-state index in [-0.39, 0.29) is 17.5 Å². The lowest BCUT2D eigenvalue weighted by atomic mass is 9.79. The topological polar surface area (TPSA) is 47.6 Å². The number of carbonyl (C=O) groups is 1. The van der Waals surface area contributed by atoms with Crippen molar-refractivity contribution in [1.82, 2.24) is 5.32 Å². The lowest BCUT2D eigenvalue weighted by molar-refractivity contribution is -0.0259. The third kappa shape index (κ3) is 4.03. The van der Waals surface area contributed by atoms with Gasteiger partial charge < -0.3 is 14.8 Å². The number of nitrogens with one attached hydrogen (secondary N) is 1. The minimum absolute atomic E-state index is 0.00210. The number of rotatable bonds is 3. The molecule has 4 nitrogen and oxygen atoms in total. The van der Waals surface area contributed by atoms with Crippen LogP contribution in [-0.4, -0.2) is 38.4 Å². The van der Waals surface area contributed by atoms with Crippen LogP contribution in [0.4, 0.5) is 4.39 Å². The molecule has 0 spiro atoms. The molecule has 1 aromatic rings. The van der Waals surface area contributed by atoms with Crippen molar-refractivity contribution >= 4 is 17.5 Å². The van der Waals surface area contributed by atoms with Crippen molar-refractivity contribution in [1.29, 1.82) is 0 Å². The monoisotopic (exact) mass is 341 g/mol. The van der Waals surface area contributed by atoms with E-state index in [1.165, 1.54) is 18.2 Å². The summed E-state index contributed by atoms with van der Waals surface area (Å²) in [5, 5.41) is 3.34. The fraction of sp³-hybridized carbons (Fsp3) is 0.588. The third-order valence-electron chi connectivity index (χ3n) is 4.76. The molecule has 2 heterocycles. The first-order valence-corrected chi connectivity index (χ1v) is 8.44. The number of benzene rings is 1. The van der Waals surface area contributed by atoms with Gasteiger partial charge in [-0.15, -0.1) is 0 Å². The molecule has 23 heavy (non-hydrogen) atoms. The van der Waals surface area contributed by atoms with Gasteiger partial charge in [0.1, 0.15) is 5.82 Å². The highest BCUT2D eigenvalue weighted by atomic mass is 35.5. The van der Waals surface area contributed by atoms with Gasteiger partial charge in [0.15, 0.2) is 0 Å². The average molecular weight is 342 g/mol. The minimum atomic E-state index is -0.554. The average Bonchev–Trinajstić information content (AvgIpc) is 2.58. The van der Waals surface area contributed by atoms with E-state index in [0.717, 1.165) is 32.5 Å². The van der Waals surface area contributed by atoms with Crippen LogP contribution in [0.25, 0.3) is 0 Å². The molecule has 2 aliphatic heterocycles. The summed E-state index contributed by atoms with van der Waals surface area (Å²) in [5.41, 5.74) is -0.00489. The summed E-state index contributed by atoms with van der Waals surface area (Å²) in [4.78, 5) is 12.4. The Morgan fingerprint density at radius 1 is 1.17 bits per heavy atom. The van der Waals surface area contributed by atoms with Gasteiger partial charge in [-0.3, -0.25) is 4.79 Å². The second kappa shape index (κ2) is 7.60. The molecule has 126 valence electrons. The van der Waals surface area contributed by atoms with Crippen LogP contribution in [0.15, 0.2) is 18.2 Å². The molecule has 3 rings (SSSR count). The van der Waals surface area contributed by atoms with Crippen LogP contribution in [0.2, 0.25) is 5.02 Å². The van der Waals surface area contributed by atoms with Crippen LogP contribution in [0.1, 0.15) is 29.6 Å². The number of hydrogen-bond acceptors (Lipinski definition) is 3. The number of amides is 1. The van der Waals surface area contributed by atoms with E-state index in [1.807, 2.05) is 0 Å². The van der Waals surface area contributed by atoms with Crippen molar-refractivity contribution in [2.75, 3.05) is 26.4 Å². The van der Waals surface area contributed by atoms with Gasteiger partial charge in [0, 0.05) is 36.8 Å². The van der Waals surface area contributed by atoms with Gasteiger partial charge in [0.05, 0.1) is 12.2 Å². The van der Waals surface area contributed by atoms with Gasteiger partial charge in [0.2, 0.25) is 0 Å². The molecule has 2 aliphatic rings. The number of halogens is 2. The predicted molar refractivity (Wildman–Crippen MR) is 85.1 cm³/mol. The Morgan fingerprint density at radius 3 is 2.70 bits per heavy atom. The molecular weight excluding hydrogens is 321 g/mol. The Hall–Kier alpha value is -1.17. The van der Waals surface area contributed by atoms with Gasteiger partial charge in [-0.1, -0.05) is 11.6 Å². The highest BCUT2D eigenvalue weighted by Gasteiger charge is 2.34. The van der Waals surface area contributed by atoms with Crippen LogP contribution in [0, 0.1) is 17.7 Å². The van der Waals surface area contributed by atoms with Crippen molar-refractivity contribution in [2.24, 2.45) is 11.8 Å². The summed E-state index contributed by atoms with van der Waals surface area (Å²) in [5.74, 6) is -0.243. The van der Waals surface area contributed by atoms with Gasteiger partial charge in [0.25, 0.3) is 5.91 Å². The first kappa shape index (κ1) is 16.7. The molecule has 6 heteroatoms. The molecule has 1 aromatic carbocycles. The highest BCUT2D eigenvalue weighted by molar-refractivity contribution is 6.31. The molecule has 1 amide bonds. The second-order valence-electron chi connectivity index (χ2n) is 6.18. The summed E-state index contributed by atoms with van der Waals surface area (Å²) in [7, 11) is 0. The third-order valence-corrected chi connectivity index (χ3v) is 5.00. The molecule has 0 saturated carbocycles. The maximum Gasteiger partial charge on any atom is 0.254 e.